The number of allylic oxidation sites excluding steroid dienone is 2. The molecule has 1 aliphatic carbocycles. The minimum absolute atomic E-state index is 0.0696. The first-order valence-electron chi connectivity index (χ1n) is 8.69. The Hall–Kier alpha value is -1.52. The summed E-state index contributed by atoms with van der Waals surface area (Å²) in [7, 11) is 0. The van der Waals surface area contributed by atoms with Gasteiger partial charge in [0.05, 0.1) is 0 Å². The Morgan fingerprint density at radius 3 is 2.52 bits per heavy atom. The molecule has 3 atom stereocenters. The molecule has 1 fully saturated rings. The van der Waals surface area contributed by atoms with Gasteiger partial charge in [-0.1, -0.05) is 19.1 Å². The second kappa shape index (κ2) is 7.37. The molecular weight excluding hydrogens is 292 g/mol. The number of hydrogen-bond donors (Lipinski definition) is 1. The highest BCUT2D eigenvalue weighted by molar-refractivity contribution is 5.79. The van der Waals surface area contributed by atoms with Gasteiger partial charge in [-0.25, -0.2) is 4.79 Å². The number of carbonyl (C=O) groups excluding carboxylic acids is 2. The van der Waals surface area contributed by atoms with Crippen LogP contribution >= 0.6 is 0 Å². The Labute approximate surface area is 139 Å². The van der Waals surface area contributed by atoms with Crippen molar-refractivity contribution < 1.29 is 14.3 Å². The first-order valence-corrected chi connectivity index (χ1v) is 8.69. The molecule has 0 saturated carbocycles. The zero-order chi connectivity index (χ0) is 17.0. The molecule has 1 heterocycles. The van der Waals surface area contributed by atoms with Gasteiger partial charge in [0.15, 0.2) is 0 Å². The maximum Gasteiger partial charge on any atom is 0.407 e. The molecule has 0 aromatic heterocycles. The van der Waals surface area contributed by atoms with Crippen molar-refractivity contribution in [2.24, 2.45) is 11.8 Å². The standard InChI is InChI=1S/C18H30N2O3/c1-13-12-20(16(21)14-8-6-5-7-9-14)11-10-15(13)19-17(22)23-18(2,3)4/h5-6,13-15H,7-12H2,1-4H3,(H,19,22). The number of ether oxygens (including phenoxy) is 1. The average molecular weight is 322 g/mol. The van der Waals surface area contributed by atoms with E-state index in [1.165, 1.54) is 0 Å². The van der Waals surface area contributed by atoms with Gasteiger partial charge in [0.25, 0.3) is 0 Å². The average Bonchev–Trinajstić information content (AvgIpc) is 2.47. The molecule has 2 amide bonds. The van der Waals surface area contributed by atoms with E-state index in [-0.39, 0.29) is 29.9 Å². The Kier molecular flexibility index (Phi) is 5.71. The van der Waals surface area contributed by atoms with Crippen LogP contribution in [0.2, 0.25) is 0 Å². The van der Waals surface area contributed by atoms with Gasteiger partial charge in [0.1, 0.15) is 5.60 Å². The molecule has 0 spiro atoms. The van der Waals surface area contributed by atoms with E-state index in [4.69, 9.17) is 4.74 Å². The Morgan fingerprint density at radius 2 is 1.96 bits per heavy atom. The molecule has 0 bridgehead atoms. The first-order chi connectivity index (χ1) is 10.8. The van der Waals surface area contributed by atoms with Crippen molar-refractivity contribution in [1.82, 2.24) is 10.2 Å². The number of rotatable bonds is 2. The second-order valence-electron chi connectivity index (χ2n) is 7.78. The summed E-state index contributed by atoms with van der Waals surface area (Å²) in [5.74, 6) is 0.652. The summed E-state index contributed by atoms with van der Waals surface area (Å²) in [6, 6.07) is 0.0696. The van der Waals surface area contributed by atoms with Gasteiger partial charge in [-0.05, 0) is 52.4 Å². The third-order valence-corrected chi connectivity index (χ3v) is 4.54. The van der Waals surface area contributed by atoms with Crippen LogP contribution in [0.15, 0.2) is 12.2 Å². The summed E-state index contributed by atoms with van der Waals surface area (Å²) in [4.78, 5) is 26.5. The van der Waals surface area contributed by atoms with E-state index in [2.05, 4.69) is 24.4 Å². The molecule has 5 nitrogen and oxygen atoms in total. The molecular formula is C18H30N2O3. The van der Waals surface area contributed by atoms with Crippen molar-refractivity contribution in [3.8, 4) is 0 Å². The lowest BCUT2D eigenvalue weighted by molar-refractivity contribution is -0.137. The number of nitrogens with zero attached hydrogens (tertiary/aromatic N) is 1. The quantitative estimate of drug-likeness (QED) is 0.795. The number of piperidine rings is 1. The number of alkyl carbamates (subject to hydrolysis) is 1. The molecule has 2 rings (SSSR count). The van der Waals surface area contributed by atoms with Crippen LogP contribution in [0.5, 0.6) is 0 Å². The predicted molar refractivity (Wildman–Crippen MR) is 90.0 cm³/mol. The van der Waals surface area contributed by atoms with E-state index in [9.17, 15) is 9.59 Å². The summed E-state index contributed by atoms with van der Waals surface area (Å²) in [6.45, 7) is 9.08. The largest absolute Gasteiger partial charge is 0.444 e. The van der Waals surface area contributed by atoms with Crippen LogP contribution in [0, 0.1) is 11.8 Å². The maximum atomic E-state index is 12.6. The monoisotopic (exact) mass is 322 g/mol. The normalized spacial score (nSPS) is 28.3. The third kappa shape index (κ3) is 5.26. The molecule has 0 aromatic carbocycles. The third-order valence-electron chi connectivity index (χ3n) is 4.54. The smallest absolute Gasteiger partial charge is 0.407 e. The molecule has 5 heteroatoms. The lowest BCUT2D eigenvalue weighted by atomic mass is 9.89. The van der Waals surface area contributed by atoms with Crippen LogP contribution < -0.4 is 5.32 Å². The van der Waals surface area contributed by atoms with E-state index in [1.54, 1.807) is 0 Å². The van der Waals surface area contributed by atoms with Crippen molar-refractivity contribution in [3.05, 3.63) is 12.2 Å². The topological polar surface area (TPSA) is 58.6 Å². The van der Waals surface area contributed by atoms with Crippen molar-refractivity contribution >= 4 is 12.0 Å². The van der Waals surface area contributed by atoms with Crippen molar-refractivity contribution in [2.45, 2.75) is 65.0 Å². The van der Waals surface area contributed by atoms with Gasteiger partial charge in [-0.3, -0.25) is 4.79 Å². The zero-order valence-corrected chi connectivity index (χ0v) is 14.8. The lowest BCUT2D eigenvalue weighted by Crippen LogP contribution is -2.53. The van der Waals surface area contributed by atoms with Crippen molar-refractivity contribution in [3.63, 3.8) is 0 Å². The lowest BCUT2D eigenvalue weighted by Gasteiger charge is -2.39. The van der Waals surface area contributed by atoms with Crippen LogP contribution in [0.1, 0.15) is 53.4 Å². The molecule has 1 saturated heterocycles. The van der Waals surface area contributed by atoms with Gasteiger partial charge in [0, 0.05) is 25.0 Å². The highest BCUT2D eigenvalue weighted by Gasteiger charge is 2.33. The SMILES string of the molecule is CC1CN(C(=O)C2CC=CCC2)CCC1NC(=O)OC(C)(C)C. The predicted octanol–water partition coefficient (Wildman–Crippen LogP) is 3.10. The van der Waals surface area contributed by atoms with Gasteiger partial charge >= 0.3 is 6.09 Å². The van der Waals surface area contributed by atoms with Crippen LogP contribution in [0.4, 0.5) is 4.79 Å². The minimum Gasteiger partial charge on any atom is -0.444 e. The second-order valence-corrected chi connectivity index (χ2v) is 7.78. The number of hydrogen-bond acceptors (Lipinski definition) is 3. The molecule has 2 aliphatic rings. The highest BCUT2D eigenvalue weighted by atomic mass is 16.6. The Bertz CT molecular complexity index is 467. The summed E-state index contributed by atoms with van der Waals surface area (Å²) in [6.07, 6.45) is 7.52. The molecule has 3 unspecified atom stereocenters. The Morgan fingerprint density at radius 1 is 1.22 bits per heavy atom. The first kappa shape index (κ1) is 17.8. The van der Waals surface area contributed by atoms with Crippen molar-refractivity contribution in [1.29, 1.82) is 0 Å². The van der Waals surface area contributed by atoms with E-state index >= 15 is 0 Å². The highest BCUT2D eigenvalue weighted by Crippen LogP contribution is 2.24. The number of amides is 2. The van der Waals surface area contributed by atoms with Crippen LogP contribution in [0.25, 0.3) is 0 Å². The van der Waals surface area contributed by atoms with E-state index in [0.29, 0.717) is 13.1 Å². The number of likely N-dealkylation sites (tertiary alicyclic amines) is 1. The fourth-order valence-corrected chi connectivity index (χ4v) is 3.30. The number of carbonyl (C=O) groups is 2. The summed E-state index contributed by atoms with van der Waals surface area (Å²) in [5, 5.41) is 2.95. The van der Waals surface area contributed by atoms with Crippen LogP contribution in [0.3, 0.4) is 0 Å². The van der Waals surface area contributed by atoms with E-state index < -0.39 is 5.60 Å². The summed E-state index contributed by atoms with van der Waals surface area (Å²) >= 11 is 0. The molecule has 23 heavy (non-hydrogen) atoms. The minimum atomic E-state index is -0.488. The van der Waals surface area contributed by atoms with E-state index in [1.807, 2.05) is 25.7 Å². The van der Waals surface area contributed by atoms with Crippen LogP contribution in [-0.4, -0.2) is 41.6 Å². The van der Waals surface area contributed by atoms with Crippen molar-refractivity contribution in [2.75, 3.05) is 13.1 Å². The van der Waals surface area contributed by atoms with Crippen LogP contribution in [-0.2, 0) is 9.53 Å². The molecule has 1 N–H and O–H groups in total. The summed E-state index contributed by atoms with van der Waals surface area (Å²) in [5.41, 5.74) is -0.488. The number of nitrogens with one attached hydrogen (secondary N) is 1. The van der Waals surface area contributed by atoms with Gasteiger partial charge < -0.3 is 15.0 Å². The zero-order valence-electron chi connectivity index (χ0n) is 14.8. The van der Waals surface area contributed by atoms with Gasteiger partial charge in [0.2, 0.25) is 5.91 Å². The maximum absolute atomic E-state index is 12.6. The molecule has 130 valence electrons. The summed E-state index contributed by atoms with van der Waals surface area (Å²) < 4.78 is 5.32. The fraction of sp³-hybridized carbons (Fsp3) is 0.778. The van der Waals surface area contributed by atoms with Gasteiger partial charge in [-0.2, -0.15) is 0 Å². The van der Waals surface area contributed by atoms with Gasteiger partial charge in [-0.15, -0.1) is 0 Å². The molecule has 0 aromatic rings. The Balaban J connectivity index is 1.83. The van der Waals surface area contributed by atoms with E-state index in [0.717, 1.165) is 25.7 Å². The molecule has 1 aliphatic heterocycles. The fourth-order valence-electron chi connectivity index (χ4n) is 3.30. The molecule has 0 radical (unpaired) electrons.